The summed E-state index contributed by atoms with van der Waals surface area (Å²) >= 11 is 0. The molecule has 0 aromatic carbocycles. The van der Waals surface area contributed by atoms with Crippen molar-refractivity contribution in [2.24, 2.45) is 0 Å². The molecule has 7 heteroatoms. The molecule has 100 valence electrons. The minimum Gasteiger partial charge on any atom is -0.339 e. The van der Waals surface area contributed by atoms with Crippen LogP contribution in [0.1, 0.15) is 42.1 Å². The number of aryl methyl sites for hydroxylation is 1. The van der Waals surface area contributed by atoms with Crippen molar-refractivity contribution in [3.63, 3.8) is 0 Å². The molecule has 0 unspecified atom stereocenters. The molecule has 0 spiro atoms. The topological polar surface area (TPSA) is 72.9 Å². The summed E-state index contributed by atoms with van der Waals surface area (Å²) in [7, 11) is 0. The highest BCUT2D eigenvalue weighted by molar-refractivity contribution is 5.02. The van der Waals surface area contributed by atoms with Gasteiger partial charge in [-0.3, -0.25) is 4.90 Å². The number of hydrogen-bond acceptors (Lipinski definition) is 6. The molecule has 2 aromatic heterocycles. The largest absolute Gasteiger partial charge is 0.339 e. The molecule has 4 rings (SSSR count). The Morgan fingerprint density at radius 1 is 1.26 bits per heavy atom. The van der Waals surface area contributed by atoms with Gasteiger partial charge >= 0.3 is 0 Å². The van der Waals surface area contributed by atoms with E-state index >= 15 is 0 Å². The lowest BCUT2D eigenvalue weighted by Crippen LogP contribution is -2.34. The maximum atomic E-state index is 5.28. The molecule has 0 bridgehead atoms. The number of nitrogens with zero attached hydrogens (tertiary/aromatic N) is 6. The molecular formula is C12H16N6O. The van der Waals surface area contributed by atoms with Crippen LogP contribution >= 0.6 is 0 Å². The van der Waals surface area contributed by atoms with Gasteiger partial charge in [-0.2, -0.15) is 10.1 Å². The molecular weight excluding hydrogens is 244 g/mol. The fourth-order valence-corrected chi connectivity index (χ4v) is 2.47. The third-order valence-electron chi connectivity index (χ3n) is 3.62. The highest BCUT2D eigenvalue weighted by Crippen LogP contribution is 2.38. The van der Waals surface area contributed by atoms with Gasteiger partial charge in [-0.25, -0.2) is 9.67 Å². The van der Waals surface area contributed by atoms with Gasteiger partial charge in [0, 0.05) is 12.5 Å². The van der Waals surface area contributed by atoms with Crippen molar-refractivity contribution < 1.29 is 4.52 Å². The first-order valence-electron chi connectivity index (χ1n) is 6.73. The maximum Gasteiger partial charge on any atom is 0.229 e. The van der Waals surface area contributed by atoms with Crippen LogP contribution in [0.15, 0.2) is 4.52 Å². The van der Waals surface area contributed by atoms with Gasteiger partial charge in [-0.05, 0) is 19.8 Å². The average Bonchev–Trinajstić information content (AvgIpc) is 3.02. The number of fused-ring (bicyclic) bond motifs is 1. The van der Waals surface area contributed by atoms with E-state index in [1.54, 1.807) is 0 Å². The second kappa shape index (κ2) is 4.12. The van der Waals surface area contributed by atoms with Gasteiger partial charge in [0.2, 0.25) is 5.89 Å². The first-order chi connectivity index (χ1) is 9.28. The minimum absolute atomic E-state index is 0.522. The summed E-state index contributed by atoms with van der Waals surface area (Å²) in [4.78, 5) is 11.2. The molecule has 7 nitrogen and oxygen atoms in total. The summed E-state index contributed by atoms with van der Waals surface area (Å²) in [6.07, 6.45) is 2.38. The van der Waals surface area contributed by atoms with Gasteiger partial charge in [0.05, 0.1) is 19.6 Å². The van der Waals surface area contributed by atoms with E-state index in [0.29, 0.717) is 5.92 Å². The van der Waals surface area contributed by atoms with E-state index in [-0.39, 0.29) is 0 Å². The summed E-state index contributed by atoms with van der Waals surface area (Å²) in [6.45, 7) is 5.28. The van der Waals surface area contributed by atoms with Crippen LogP contribution in [-0.4, -0.2) is 36.3 Å². The fraction of sp³-hybridized carbons (Fsp3) is 0.667. The lowest BCUT2D eigenvalue weighted by atomic mass is 10.3. The van der Waals surface area contributed by atoms with Crippen molar-refractivity contribution in [1.82, 2.24) is 29.8 Å². The molecule has 3 heterocycles. The lowest BCUT2D eigenvalue weighted by molar-refractivity contribution is 0.194. The minimum atomic E-state index is 0.522. The van der Waals surface area contributed by atoms with Gasteiger partial charge in [0.25, 0.3) is 0 Å². The highest BCUT2D eigenvalue weighted by Gasteiger charge is 2.30. The van der Waals surface area contributed by atoms with Crippen LogP contribution in [0.5, 0.6) is 0 Å². The van der Waals surface area contributed by atoms with Crippen molar-refractivity contribution in [3.8, 4) is 0 Å². The molecule has 1 aliphatic heterocycles. The van der Waals surface area contributed by atoms with Crippen LogP contribution in [0.3, 0.4) is 0 Å². The standard InChI is InChI=1S/C12H16N6O/c1-8-13-11-7-17(4-5-18(11)15-8)6-10-14-12(19-16-10)9-2-3-9/h9H,2-7H2,1H3. The quantitative estimate of drug-likeness (QED) is 0.815. The van der Waals surface area contributed by atoms with Crippen LogP contribution in [-0.2, 0) is 19.6 Å². The zero-order chi connectivity index (χ0) is 12.8. The van der Waals surface area contributed by atoms with Crippen LogP contribution in [0.25, 0.3) is 0 Å². The molecule has 0 atom stereocenters. The van der Waals surface area contributed by atoms with E-state index in [9.17, 15) is 0 Å². The van der Waals surface area contributed by atoms with E-state index in [0.717, 1.165) is 49.5 Å². The molecule has 19 heavy (non-hydrogen) atoms. The van der Waals surface area contributed by atoms with Crippen molar-refractivity contribution in [2.75, 3.05) is 6.54 Å². The SMILES string of the molecule is Cc1nc2n(n1)CCN(Cc1noc(C3CC3)n1)C2. The van der Waals surface area contributed by atoms with Gasteiger partial charge in [0.15, 0.2) is 5.82 Å². The van der Waals surface area contributed by atoms with E-state index in [1.165, 1.54) is 12.8 Å². The van der Waals surface area contributed by atoms with E-state index in [4.69, 9.17) is 4.52 Å². The second-order valence-corrected chi connectivity index (χ2v) is 5.33. The molecule has 2 aromatic rings. The normalized spacial score (nSPS) is 19.6. The summed E-state index contributed by atoms with van der Waals surface area (Å²) < 4.78 is 7.27. The molecule has 0 radical (unpaired) electrons. The summed E-state index contributed by atoms with van der Waals surface area (Å²) in [6, 6.07) is 0. The van der Waals surface area contributed by atoms with Gasteiger partial charge < -0.3 is 4.52 Å². The molecule has 0 N–H and O–H groups in total. The van der Waals surface area contributed by atoms with E-state index in [2.05, 4.69) is 25.1 Å². The first kappa shape index (κ1) is 11.1. The Morgan fingerprint density at radius 3 is 3.00 bits per heavy atom. The summed E-state index contributed by atoms with van der Waals surface area (Å²) in [5, 5.41) is 8.42. The summed E-state index contributed by atoms with van der Waals surface area (Å²) in [5.74, 6) is 3.98. The molecule has 0 amide bonds. The van der Waals surface area contributed by atoms with Crippen LogP contribution < -0.4 is 0 Å². The Bertz CT molecular complexity index is 599. The smallest absolute Gasteiger partial charge is 0.229 e. The van der Waals surface area contributed by atoms with Crippen molar-refractivity contribution >= 4 is 0 Å². The Labute approximate surface area is 110 Å². The van der Waals surface area contributed by atoms with Crippen molar-refractivity contribution in [2.45, 2.75) is 45.3 Å². The van der Waals surface area contributed by atoms with Gasteiger partial charge in [0.1, 0.15) is 11.6 Å². The third kappa shape index (κ3) is 2.14. The van der Waals surface area contributed by atoms with Crippen molar-refractivity contribution in [1.29, 1.82) is 0 Å². The molecule has 0 saturated heterocycles. The van der Waals surface area contributed by atoms with Crippen molar-refractivity contribution in [3.05, 3.63) is 23.4 Å². The molecule has 1 fully saturated rings. The van der Waals surface area contributed by atoms with E-state index < -0.39 is 0 Å². The van der Waals surface area contributed by atoms with Gasteiger partial charge in [-0.15, -0.1) is 0 Å². The third-order valence-corrected chi connectivity index (χ3v) is 3.62. The van der Waals surface area contributed by atoms with Gasteiger partial charge in [-0.1, -0.05) is 5.16 Å². The Balaban J connectivity index is 1.45. The molecule has 2 aliphatic rings. The van der Waals surface area contributed by atoms with Crippen LogP contribution in [0.2, 0.25) is 0 Å². The van der Waals surface area contributed by atoms with Crippen LogP contribution in [0, 0.1) is 6.92 Å². The molecule has 1 saturated carbocycles. The molecule has 1 aliphatic carbocycles. The lowest BCUT2D eigenvalue weighted by Gasteiger charge is -2.24. The zero-order valence-corrected chi connectivity index (χ0v) is 10.9. The van der Waals surface area contributed by atoms with E-state index in [1.807, 2.05) is 11.6 Å². The highest BCUT2D eigenvalue weighted by atomic mass is 16.5. The fourth-order valence-electron chi connectivity index (χ4n) is 2.47. The predicted octanol–water partition coefficient (Wildman–Crippen LogP) is 0.863. The first-order valence-corrected chi connectivity index (χ1v) is 6.73. The predicted molar refractivity (Wildman–Crippen MR) is 65.1 cm³/mol. The maximum absolute atomic E-state index is 5.28. The Morgan fingerprint density at radius 2 is 2.16 bits per heavy atom. The number of rotatable bonds is 3. The zero-order valence-electron chi connectivity index (χ0n) is 10.9. The monoisotopic (exact) mass is 260 g/mol. The average molecular weight is 260 g/mol. The second-order valence-electron chi connectivity index (χ2n) is 5.33. The Hall–Kier alpha value is -1.76. The van der Waals surface area contributed by atoms with Crippen LogP contribution in [0.4, 0.5) is 0 Å². The number of hydrogen-bond donors (Lipinski definition) is 0. The number of aromatic nitrogens is 5. The Kier molecular flexibility index (Phi) is 2.41. The summed E-state index contributed by atoms with van der Waals surface area (Å²) in [5.41, 5.74) is 0.